The largest absolute Gasteiger partial charge is 0.427 e. The molecule has 5 heteroatoms. The Hall–Kier alpha value is -2.43. The lowest BCUT2D eigenvalue weighted by atomic mass is 9.55. The molecule has 3 aliphatic carbocycles. The highest BCUT2D eigenvalue weighted by Crippen LogP contribution is 2.59. The van der Waals surface area contributed by atoms with Crippen LogP contribution >= 0.6 is 0 Å². The molecule has 4 atom stereocenters. The van der Waals surface area contributed by atoms with Crippen molar-refractivity contribution >= 4 is 11.9 Å². The highest BCUT2D eigenvalue weighted by Gasteiger charge is 2.54. The number of aromatic nitrogens is 2. The second-order valence-corrected chi connectivity index (χ2v) is 9.00. The van der Waals surface area contributed by atoms with E-state index in [4.69, 9.17) is 4.74 Å². The molecule has 0 bridgehead atoms. The molecule has 0 spiro atoms. The van der Waals surface area contributed by atoms with Crippen molar-refractivity contribution in [3.8, 4) is 5.75 Å². The van der Waals surface area contributed by atoms with Gasteiger partial charge in [0.25, 0.3) is 0 Å². The van der Waals surface area contributed by atoms with E-state index >= 15 is 0 Å². The normalized spacial score (nSPS) is 30.0. The van der Waals surface area contributed by atoms with Crippen molar-refractivity contribution in [2.75, 3.05) is 0 Å². The predicted molar refractivity (Wildman–Crippen MR) is 105 cm³/mol. The molecule has 0 N–H and O–H groups in total. The number of hydrogen-bond acceptors (Lipinski definition) is 4. The van der Waals surface area contributed by atoms with Gasteiger partial charge in [-0.15, -0.1) is 0 Å². The minimum absolute atomic E-state index is 0.0154. The number of carbonyl (C=O) groups is 2. The van der Waals surface area contributed by atoms with Gasteiger partial charge in [0.2, 0.25) is 5.91 Å². The first-order valence-electron chi connectivity index (χ1n) is 10.3. The van der Waals surface area contributed by atoms with Crippen LogP contribution in [-0.2, 0) is 23.1 Å². The summed E-state index contributed by atoms with van der Waals surface area (Å²) in [6, 6.07) is 6.18. The molecule has 5 rings (SSSR count). The number of hydrogen-bond donors (Lipinski definition) is 0. The van der Waals surface area contributed by atoms with E-state index in [1.807, 2.05) is 12.3 Å². The van der Waals surface area contributed by atoms with Crippen molar-refractivity contribution in [1.82, 2.24) is 9.78 Å². The van der Waals surface area contributed by atoms with Crippen LogP contribution in [0.15, 0.2) is 24.4 Å². The molecule has 2 aromatic rings. The van der Waals surface area contributed by atoms with E-state index in [1.165, 1.54) is 34.7 Å². The van der Waals surface area contributed by atoms with E-state index in [0.717, 1.165) is 31.4 Å². The van der Waals surface area contributed by atoms with Crippen LogP contribution < -0.4 is 4.74 Å². The minimum atomic E-state index is -0.270. The fourth-order valence-corrected chi connectivity index (χ4v) is 6.22. The third-order valence-electron chi connectivity index (χ3n) is 7.44. The lowest BCUT2D eigenvalue weighted by Crippen LogP contribution is -2.43. The summed E-state index contributed by atoms with van der Waals surface area (Å²) in [5.41, 5.74) is 5.27. The van der Waals surface area contributed by atoms with E-state index in [-0.39, 0.29) is 17.3 Å². The summed E-state index contributed by atoms with van der Waals surface area (Å²) in [7, 11) is 0. The van der Waals surface area contributed by atoms with E-state index in [9.17, 15) is 9.59 Å². The number of ether oxygens (including phenoxy) is 1. The molecule has 0 saturated heterocycles. The Morgan fingerprint density at radius 2 is 2.04 bits per heavy atom. The average Bonchev–Trinajstić information content (AvgIpc) is 3.18. The van der Waals surface area contributed by atoms with Gasteiger partial charge in [0.15, 0.2) is 0 Å². The second-order valence-electron chi connectivity index (χ2n) is 9.00. The molecular weight excluding hydrogens is 352 g/mol. The zero-order valence-electron chi connectivity index (χ0n) is 16.7. The van der Waals surface area contributed by atoms with Gasteiger partial charge in [-0.2, -0.15) is 5.10 Å². The predicted octanol–water partition coefficient (Wildman–Crippen LogP) is 4.04. The third-order valence-corrected chi connectivity index (χ3v) is 7.44. The molecule has 1 aromatic carbocycles. The van der Waals surface area contributed by atoms with Gasteiger partial charge in [-0.1, -0.05) is 13.0 Å². The van der Waals surface area contributed by atoms with Gasteiger partial charge in [0.05, 0.1) is 5.69 Å². The molecule has 1 heterocycles. The van der Waals surface area contributed by atoms with Gasteiger partial charge in [-0.05, 0) is 78.7 Å². The standard InChI is InChI=1S/C23H26N2O3/c1-13(26)25-12-16-11-21-20-6-4-15-10-17(28-14(2)27)5-7-18(15)19(20)8-9-23(21,3)22(16)24-25/h5,7,10,12,19-21H,4,6,8-9,11H2,1-3H3. The Kier molecular flexibility index (Phi) is 3.80. The van der Waals surface area contributed by atoms with Crippen molar-refractivity contribution < 1.29 is 14.3 Å². The Balaban J connectivity index is 1.46. The first-order valence-corrected chi connectivity index (χ1v) is 10.3. The number of carbonyl (C=O) groups excluding carboxylic acids is 2. The lowest BCUT2D eigenvalue weighted by molar-refractivity contribution is -0.131. The number of esters is 1. The van der Waals surface area contributed by atoms with Gasteiger partial charge in [0.1, 0.15) is 5.75 Å². The molecule has 3 aliphatic rings. The maximum atomic E-state index is 11.7. The quantitative estimate of drug-likeness (QED) is 0.555. The van der Waals surface area contributed by atoms with Crippen LogP contribution in [0.25, 0.3) is 0 Å². The fourth-order valence-electron chi connectivity index (χ4n) is 6.22. The van der Waals surface area contributed by atoms with Crippen LogP contribution in [0.3, 0.4) is 0 Å². The monoisotopic (exact) mass is 378 g/mol. The van der Waals surface area contributed by atoms with Crippen molar-refractivity contribution in [3.05, 3.63) is 46.8 Å². The molecular formula is C23H26N2O3. The molecule has 1 saturated carbocycles. The summed E-state index contributed by atoms with van der Waals surface area (Å²) in [5.74, 6) is 2.17. The molecule has 28 heavy (non-hydrogen) atoms. The molecule has 0 aliphatic heterocycles. The molecule has 4 unspecified atom stereocenters. The Bertz CT molecular complexity index is 992. The maximum Gasteiger partial charge on any atom is 0.308 e. The first kappa shape index (κ1) is 17.7. The van der Waals surface area contributed by atoms with Gasteiger partial charge >= 0.3 is 5.97 Å². The lowest BCUT2D eigenvalue weighted by Gasteiger charge is -2.49. The van der Waals surface area contributed by atoms with Crippen LogP contribution in [0.2, 0.25) is 0 Å². The number of nitrogens with zero attached hydrogens (tertiary/aromatic N) is 2. The van der Waals surface area contributed by atoms with Crippen LogP contribution in [0, 0.1) is 11.8 Å². The smallest absolute Gasteiger partial charge is 0.308 e. The van der Waals surface area contributed by atoms with Gasteiger partial charge < -0.3 is 4.74 Å². The molecule has 0 radical (unpaired) electrons. The Labute approximate surface area is 165 Å². The molecule has 1 fully saturated rings. The van der Waals surface area contributed by atoms with Crippen LogP contribution in [-0.4, -0.2) is 21.7 Å². The van der Waals surface area contributed by atoms with Crippen LogP contribution in [0.1, 0.15) is 73.1 Å². The van der Waals surface area contributed by atoms with Crippen molar-refractivity contribution in [2.24, 2.45) is 11.8 Å². The van der Waals surface area contributed by atoms with Crippen molar-refractivity contribution in [1.29, 1.82) is 0 Å². The molecule has 0 amide bonds. The SMILES string of the molecule is CC(=O)Oc1ccc2c(c1)CCC1C2CCC2(C)c3nn(C(C)=O)cc3CC12. The van der Waals surface area contributed by atoms with Crippen LogP contribution in [0.4, 0.5) is 0 Å². The van der Waals surface area contributed by atoms with E-state index in [0.29, 0.717) is 23.5 Å². The summed E-state index contributed by atoms with van der Waals surface area (Å²) in [6.45, 7) is 5.37. The molecule has 1 aromatic heterocycles. The highest BCUT2D eigenvalue weighted by atomic mass is 16.5. The zero-order valence-corrected chi connectivity index (χ0v) is 16.7. The van der Waals surface area contributed by atoms with E-state index in [2.05, 4.69) is 24.2 Å². The second kappa shape index (κ2) is 6.03. The van der Waals surface area contributed by atoms with Crippen molar-refractivity contribution in [3.63, 3.8) is 0 Å². The average molecular weight is 378 g/mol. The summed E-state index contributed by atoms with van der Waals surface area (Å²) < 4.78 is 6.81. The third kappa shape index (κ3) is 2.48. The van der Waals surface area contributed by atoms with E-state index in [1.54, 1.807) is 6.92 Å². The van der Waals surface area contributed by atoms with Crippen LogP contribution in [0.5, 0.6) is 5.75 Å². The Morgan fingerprint density at radius 3 is 2.79 bits per heavy atom. The highest BCUT2D eigenvalue weighted by molar-refractivity contribution is 5.75. The Morgan fingerprint density at radius 1 is 1.21 bits per heavy atom. The number of benzene rings is 1. The first-order chi connectivity index (χ1) is 13.4. The number of aryl methyl sites for hydroxylation is 1. The number of fused-ring (bicyclic) bond motifs is 7. The molecule has 5 nitrogen and oxygen atoms in total. The summed E-state index contributed by atoms with van der Waals surface area (Å²) in [5, 5.41) is 4.69. The van der Waals surface area contributed by atoms with Gasteiger partial charge in [-0.3, -0.25) is 9.59 Å². The van der Waals surface area contributed by atoms with Crippen molar-refractivity contribution in [2.45, 2.75) is 64.2 Å². The summed E-state index contributed by atoms with van der Waals surface area (Å²) in [6.07, 6.45) is 7.43. The number of rotatable bonds is 1. The van der Waals surface area contributed by atoms with Gasteiger partial charge in [-0.25, -0.2) is 4.68 Å². The van der Waals surface area contributed by atoms with E-state index < -0.39 is 0 Å². The summed E-state index contributed by atoms with van der Waals surface area (Å²) >= 11 is 0. The summed E-state index contributed by atoms with van der Waals surface area (Å²) in [4.78, 5) is 23.0. The molecule has 146 valence electrons. The maximum absolute atomic E-state index is 11.7. The zero-order chi connectivity index (χ0) is 19.6. The minimum Gasteiger partial charge on any atom is -0.427 e. The fraction of sp³-hybridized carbons (Fsp3) is 0.522. The topological polar surface area (TPSA) is 61.2 Å². The van der Waals surface area contributed by atoms with Gasteiger partial charge in [0, 0.05) is 25.5 Å².